The van der Waals surface area contributed by atoms with Crippen LogP contribution in [0.2, 0.25) is 0 Å². The van der Waals surface area contributed by atoms with E-state index in [1.54, 1.807) is 6.92 Å². The number of fused-ring (bicyclic) bond motifs is 5. The molecule has 0 aromatic heterocycles. The van der Waals surface area contributed by atoms with Crippen molar-refractivity contribution in [3.63, 3.8) is 0 Å². The van der Waals surface area contributed by atoms with Gasteiger partial charge in [-0.3, -0.25) is 4.79 Å². The first-order chi connectivity index (χ1) is 12.4. The number of aliphatic hydroxyl groups excluding tert-OH is 1. The average Bonchev–Trinajstić information content (AvgIpc) is 2.85. The first-order valence-electron chi connectivity index (χ1n) is 9.34. The molecule has 8 atom stereocenters. The number of alkyl halides is 2. The highest BCUT2D eigenvalue weighted by Gasteiger charge is 2.75. The van der Waals surface area contributed by atoms with Crippen molar-refractivity contribution >= 4 is 11.8 Å². The molecule has 0 heterocycles. The second-order valence-corrected chi connectivity index (χ2v) is 9.06. The van der Waals surface area contributed by atoms with Gasteiger partial charge in [0.25, 0.3) is 0 Å². The molecule has 7 heteroatoms. The second-order valence-electron chi connectivity index (χ2n) is 9.06. The van der Waals surface area contributed by atoms with Crippen molar-refractivity contribution in [2.24, 2.45) is 22.7 Å². The number of aliphatic carboxylic acids is 1. The molecular formula is C20H24F2O5. The number of hydrogen-bond donors (Lipinski definition) is 3. The molecule has 0 spiro atoms. The van der Waals surface area contributed by atoms with Crippen LogP contribution in [0.15, 0.2) is 23.8 Å². The van der Waals surface area contributed by atoms with E-state index in [-0.39, 0.29) is 31.3 Å². The Kier molecular flexibility index (Phi) is 3.65. The molecular weight excluding hydrogens is 358 g/mol. The van der Waals surface area contributed by atoms with Gasteiger partial charge in [0.15, 0.2) is 17.1 Å². The first-order valence-corrected chi connectivity index (χ1v) is 9.34. The fourth-order valence-corrected chi connectivity index (χ4v) is 6.56. The number of carbonyl (C=O) groups excluding carboxylic acids is 1. The van der Waals surface area contributed by atoms with Crippen molar-refractivity contribution in [1.29, 1.82) is 0 Å². The third-order valence-corrected chi connectivity index (χ3v) is 8.13. The van der Waals surface area contributed by atoms with E-state index in [4.69, 9.17) is 0 Å². The minimum absolute atomic E-state index is 0.0305. The normalized spacial score (nSPS) is 54.0. The number of allylic oxidation sites excluding steroid dienone is 4. The topological polar surface area (TPSA) is 94.8 Å². The largest absolute Gasteiger partial charge is 0.479 e. The SMILES string of the molecule is C[C@]12C=CC(=O)C=C1[C@@H](F)C[C@H]1[C@@H]3CC[C@@](O)(C(=O)O)[C@@]3(C)C[C@H](O)C12F. The summed E-state index contributed by atoms with van der Waals surface area (Å²) in [4.78, 5) is 23.5. The molecule has 3 fully saturated rings. The van der Waals surface area contributed by atoms with Gasteiger partial charge in [-0.25, -0.2) is 13.6 Å². The van der Waals surface area contributed by atoms with Gasteiger partial charge in [-0.2, -0.15) is 0 Å². The molecule has 0 bridgehead atoms. The number of ketones is 1. The lowest BCUT2D eigenvalue weighted by molar-refractivity contribution is -0.226. The lowest BCUT2D eigenvalue weighted by atomic mass is 9.44. The van der Waals surface area contributed by atoms with Gasteiger partial charge >= 0.3 is 5.97 Å². The number of halogens is 2. The quantitative estimate of drug-likeness (QED) is 0.646. The van der Waals surface area contributed by atoms with E-state index in [0.29, 0.717) is 0 Å². The zero-order valence-electron chi connectivity index (χ0n) is 15.3. The summed E-state index contributed by atoms with van der Waals surface area (Å²) in [6.07, 6.45) is 0.195. The van der Waals surface area contributed by atoms with Gasteiger partial charge in [-0.1, -0.05) is 13.0 Å². The molecule has 3 saturated carbocycles. The van der Waals surface area contributed by atoms with Crippen LogP contribution in [0.3, 0.4) is 0 Å². The van der Waals surface area contributed by atoms with Crippen LogP contribution in [0.1, 0.15) is 39.5 Å². The van der Waals surface area contributed by atoms with Crippen LogP contribution >= 0.6 is 0 Å². The molecule has 148 valence electrons. The molecule has 0 aliphatic heterocycles. The van der Waals surface area contributed by atoms with E-state index in [1.807, 2.05) is 0 Å². The van der Waals surface area contributed by atoms with Crippen molar-refractivity contribution in [2.45, 2.75) is 63.1 Å². The summed E-state index contributed by atoms with van der Waals surface area (Å²) in [5, 5.41) is 31.3. The van der Waals surface area contributed by atoms with Crippen LogP contribution in [0.25, 0.3) is 0 Å². The molecule has 4 rings (SSSR count). The molecule has 27 heavy (non-hydrogen) atoms. The minimum atomic E-state index is -2.24. The van der Waals surface area contributed by atoms with E-state index >= 15 is 8.78 Å². The summed E-state index contributed by atoms with van der Waals surface area (Å²) in [6.45, 7) is 3.05. The molecule has 0 amide bonds. The Morgan fingerprint density at radius 1 is 1.30 bits per heavy atom. The molecule has 5 nitrogen and oxygen atoms in total. The van der Waals surface area contributed by atoms with Gasteiger partial charge in [0.05, 0.1) is 6.10 Å². The Balaban J connectivity index is 1.86. The van der Waals surface area contributed by atoms with Crippen LogP contribution in [-0.2, 0) is 9.59 Å². The minimum Gasteiger partial charge on any atom is -0.479 e. The number of aliphatic hydroxyl groups is 2. The summed E-state index contributed by atoms with van der Waals surface area (Å²) < 4.78 is 31.7. The van der Waals surface area contributed by atoms with Gasteiger partial charge in [-0.15, -0.1) is 0 Å². The number of rotatable bonds is 1. The van der Waals surface area contributed by atoms with Crippen molar-refractivity contribution in [2.75, 3.05) is 0 Å². The van der Waals surface area contributed by atoms with Gasteiger partial charge < -0.3 is 15.3 Å². The van der Waals surface area contributed by atoms with Crippen LogP contribution in [0.4, 0.5) is 8.78 Å². The van der Waals surface area contributed by atoms with E-state index in [9.17, 15) is 24.9 Å². The lowest BCUT2D eigenvalue weighted by Crippen LogP contribution is -2.70. The van der Waals surface area contributed by atoms with Crippen LogP contribution in [-0.4, -0.2) is 50.6 Å². The van der Waals surface area contributed by atoms with Crippen molar-refractivity contribution in [3.8, 4) is 0 Å². The van der Waals surface area contributed by atoms with E-state index in [1.165, 1.54) is 19.1 Å². The first kappa shape index (κ1) is 18.7. The number of carboxylic acids is 1. The van der Waals surface area contributed by atoms with Gasteiger partial charge in [-0.05, 0) is 56.3 Å². The number of carboxylic acid groups (broad SMARTS) is 1. The second kappa shape index (κ2) is 5.26. The van der Waals surface area contributed by atoms with Crippen molar-refractivity contribution < 1.29 is 33.7 Å². The molecule has 0 aromatic rings. The Morgan fingerprint density at radius 3 is 2.59 bits per heavy atom. The predicted octanol–water partition coefficient (Wildman–Crippen LogP) is 2.12. The molecule has 1 unspecified atom stereocenters. The fraction of sp³-hybridized carbons (Fsp3) is 0.700. The molecule has 3 N–H and O–H groups in total. The lowest BCUT2D eigenvalue weighted by Gasteiger charge is -2.62. The maximum absolute atomic E-state index is 16.6. The van der Waals surface area contributed by atoms with E-state index < -0.39 is 58.0 Å². The van der Waals surface area contributed by atoms with E-state index in [0.717, 1.165) is 6.08 Å². The van der Waals surface area contributed by atoms with Crippen LogP contribution in [0, 0.1) is 22.7 Å². The van der Waals surface area contributed by atoms with Crippen LogP contribution < -0.4 is 0 Å². The summed E-state index contributed by atoms with van der Waals surface area (Å²) in [5.74, 6) is -3.36. The van der Waals surface area contributed by atoms with E-state index in [2.05, 4.69) is 0 Å². The highest BCUT2D eigenvalue weighted by Crippen LogP contribution is 2.69. The Bertz CT molecular complexity index is 793. The Morgan fingerprint density at radius 2 is 1.96 bits per heavy atom. The zero-order chi connectivity index (χ0) is 20.0. The monoisotopic (exact) mass is 382 g/mol. The summed E-state index contributed by atoms with van der Waals surface area (Å²) in [5.41, 5.74) is -7.05. The van der Waals surface area contributed by atoms with Crippen LogP contribution in [0.5, 0.6) is 0 Å². The fourth-order valence-electron chi connectivity index (χ4n) is 6.56. The molecule has 0 saturated heterocycles. The third kappa shape index (κ3) is 1.94. The maximum Gasteiger partial charge on any atom is 0.336 e. The predicted molar refractivity (Wildman–Crippen MR) is 91.2 cm³/mol. The van der Waals surface area contributed by atoms with Gasteiger partial charge in [0.1, 0.15) is 6.17 Å². The maximum atomic E-state index is 16.6. The average molecular weight is 382 g/mol. The molecule has 4 aliphatic rings. The molecule has 4 aliphatic carbocycles. The molecule has 0 aromatic carbocycles. The van der Waals surface area contributed by atoms with Crippen molar-refractivity contribution in [1.82, 2.24) is 0 Å². The summed E-state index contributed by atoms with van der Waals surface area (Å²) in [6, 6.07) is 0. The summed E-state index contributed by atoms with van der Waals surface area (Å²) >= 11 is 0. The smallest absolute Gasteiger partial charge is 0.336 e. The highest BCUT2D eigenvalue weighted by molar-refractivity contribution is 6.01. The highest BCUT2D eigenvalue weighted by atomic mass is 19.1. The Labute approximate surface area is 155 Å². The zero-order valence-corrected chi connectivity index (χ0v) is 15.3. The summed E-state index contributed by atoms with van der Waals surface area (Å²) in [7, 11) is 0. The van der Waals surface area contributed by atoms with Gasteiger partial charge in [0, 0.05) is 16.7 Å². The third-order valence-electron chi connectivity index (χ3n) is 8.13. The number of carbonyl (C=O) groups is 2. The molecule has 0 radical (unpaired) electrons. The van der Waals surface area contributed by atoms with Crippen molar-refractivity contribution in [3.05, 3.63) is 23.8 Å². The Hall–Kier alpha value is -1.60. The van der Waals surface area contributed by atoms with Gasteiger partial charge in [0.2, 0.25) is 0 Å². The standard InChI is InChI=1S/C20H24F2O5/c1-17-5-3-10(23)7-13(17)14(21)8-12-11-4-6-19(27,16(25)26)18(11,2)9-15(24)20(12,17)22/h3,5,7,11-12,14-15,24,27H,4,6,8-9H2,1-2H3,(H,25,26)/t11-,12-,14-,15-,17-,18-,19+,20?/m0/s1. The number of hydrogen-bond acceptors (Lipinski definition) is 4.